The highest BCUT2D eigenvalue weighted by Crippen LogP contribution is 1.94. The highest BCUT2D eigenvalue weighted by molar-refractivity contribution is 5.76. The third-order valence-electron chi connectivity index (χ3n) is 1.61. The smallest absolute Gasteiger partial charge is 0.306 e. The molecule has 0 aromatic heterocycles. The molecule has 0 fully saturated rings. The number of esters is 2. The second kappa shape index (κ2) is 8.70. The van der Waals surface area contributed by atoms with Gasteiger partial charge >= 0.3 is 17.9 Å². The molecule has 0 spiro atoms. The molecule has 0 amide bonds. The molecule has 0 rings (SSSR count). The van der Waals surface area contributed by atoms with Gasteiger partial charge in [-0.15, -0.1) is 0 Å². The molecule has 0 heterocycles. The van der Waals surface area contributed by atoms with Crippen LogP contribution >= 0.6 is 0 Å². The van der Waals surface area contributed by atoms with Gasteiger partial charge in [0, 0.05) is 6.42 Å². The molecule has 0 atom stereocenters. The lowest BCUT2D eigenvalue weighted by Crippen LogP contribution is -2.14. The van der Waals surface area contributed by atoms with E-state index in [0.29, 0.717) is 12.8 Å². The van der Waals surface area contributed by atoms with E-state index in [4.69, 9.17) is 9.84 Å². The van der Waals surface area contributed by atoms with Crippen LogP contribution < -0.4 is 0 Å². The van der Waals surface area contributed by atoms with Gasteiger partial charge < -0.3 is 14.6 Å². The average molecular weight is 232 g/mol. The van der Waals surface area contributed by atoms with Gasteiger partial charge in [0.15, 0.2) is 0 Å². The maximum atomic E-state index is 10.9. The normalized spacial score (nSPS) is 9.56. The quantitative estimate of drug-likeness (QED) is 0.490. The van der Waals surface area contributed by atoms with E-state index < -0.39 is 11.9 Å². The summed E-state index contributed by atoms with van der Waals surface area (Å²) in [5, 5.41) is 8.29. The van der Waals surface area contributed by atoms with Crippen molar-refractivity contribution in [2.45, 2.75) is 32.6 Å². The zero-order chi connectivity index (χ0) is 12.4. The lowest BCUT2D eigenvalue weighted by molar-refractivity contribution is -0.153. The van der Waals surface area contributed by atoms with Gasteiger partial charge in [-0.05, 0) is 6.42 Å². The third-order valence-corrected chi connectivity index (χ3v) is 1.61. The van der Waals surface area contributed by atoms with E-state index in [0.717, 1.165) is 0 Å². The van der Waals surface area contributed by atoms with Crippen LogP contribution in [0.2, 0.25) is 0 Å². The first-order valence-corrected chi connectivity index (χ1v) is 5.09. The molecule has 6 nitrogen and oxygen atoms in total. The number of carbonyl (C=O) groups is 3. The fourth-order valence-electron chi connectivity index (χ4n) is 0.868. The Morgan fingerprint density at radius 1 is 0.938 bits per heavy atom. The van der Waals surface area contributed by atoms with E-state index >= 15 is 0 Å². The maximum Gasteiger partial charge on any atom is 0.306 e. The number of hydrogen-bond donors (Lipinski definition) is 1. The van der Waals surface area contributed by atoms with E-state index in [9.17, 15) is 14.4 Å². The number of rotatable bonds is 8. The van der Waals surface area contributed by atoms with Crippen LogP contribution in [0.1, 0.15) is 32.6 Å². The fraction of sp³-hybridized carbons (Fsp3) is 0.700. The Morgan fingerprint density at radius 2 is 1.44 bits per heavy atom. The Bertz CT molecular complexity index is 248. The molecule has 6 heteroatoms. The topological polar surface area (TPSA) is 89.9 Å². The van der Waals surface area contributed by atoms with Crippen LogP contribution in [0.25, 0.3) is 0 Å². The van der Waals surface area contributed by atoms with Crippen molar-refractivity contribution in [1.29, 1.82) is 0 Å². The first-order chi connectivity index (χ1) is 7.56. The predicted molar refractivity (Wildman–Crippen MR) is 53.7 cm³/mol. The number of carbonyl (C=O) groups excluding carboxylic acids is 2. The summed E-state index contributed by atoms with van der Waals surface area (Å²) >= 11 is 0. The van der Waals surface area contributed by atoms with Crippen LogP contribution in [0.3, 0.4) is 0 Å². The standard InChI is InChI=1S/C10H16O6/c1-2-3-9(13)15-6-7-16-10(14)5-4-8(11)12/h2-7H2,1H3,(H,11,12). The summed E-state index contributed by atoms with van der Waals surface area (Å²) in [4.78, 5) is 31.9. The van der Waals surface area contributed by atoms with Gasteiger partial charge in [-0.2, -0.15) is 0 Å². The molecule has 0 saturated carbocycles. The molecular weight excluding hydrogens is 216 g/mol. The van der Waals surface area contributed by atoms with Crippen LogP contribution in [0.15, 0.2) is 0 Å². The first-order valence-electron chi connectivity index (χ1n) is 5.09. The van der Waals surface area contributed by atoms with E-state index in [2.05, 4.69) is 4.74 Å². The van der Waals surface area contributed by atoms with Crippen molar-refractivity contribution in [2.75, 3.05) is 13.2 Å². The van der Waals surface area contributed by atoms with Gasteiger partial charge in [-0.1, -0.05) is 6.92 Å². The second-order valence-corrected chi connectivity index (χ2v) is 3.08. The van der Waals surface area contributed by atoms with Gasteiger partial charge in [-0.3, -0.25) is 14.4 Å². The summed E-state index contributed by atoms with van der Waals surface area (Å²) in [5.74, 6) is -1.98. The van der Waals surface area contributed by atoms with Gasteiger partial charge in [0.1, 0.15) is 13.2 Å². The first kappa shape index (κ1) is 14.4. The van der Waals surface area contributed by atoms with Crippen molar-refractivity contribution in [3.05, 3.63) is 0 Å². The molecule has 0 saturated heterocycles. The van der Waals surface area contributed by atoms with Crippen molar-refractivity contribution in [2.24, 2.45) is 0 Å². The molecule has 1 N–H and O–H groups in total. The highest BCUT2D eigenvalue weighted by Gasteiger charge is 2.07. The summed E-state index contributed by atoms with van der Waals surface area (Å²) < 4.78 is 9.37. The molecule has 0 bridgehead atoms. The molecule has 92 valence electrons. The van der Waals surface area contributed by atoms with E-state index in [1.54, 1.807) is 0 Å². The molecule has 0 radical (unpaired) electrons. The largest absolute Gasteiger partial charge is 0.481 e. The molecule has 0 aromatic rings. The zero-order valence-corrected chi connectivity index (χ0v) is 9.23. The average Bonchev–Trinajstić information content (AvgIpc) is 2.22. The van der Waals surface area contributed by atoms with Gasteiger partial charge in [0.2, 0.25) is 0 Å². The lowest BCUT2D eigenvalue weighted by atomic mass is 10.3. The molecule has 0 aromatic carbocycles. The number of carboxylic acids is 1. The number of ether oxygens (including phenoxy) is 2. The maximum absolute atomic E-state index is 10.9. The Balaban J connectivity index is 3.40. The Kier molecular flexibility index (Phi) is 7.83. The summed E-state index contributed by atoms with van der Waals surface area (Å²) in [6.07, 6.45) is 0.622. The molecule has 0 unspecified atom stereocenters. The zero-order valence-electron chi connectivity index (χ0n) is 9.23. The van der Waals surface area contributed by atoms with Crippen LogP contribution in [0.5, 0.6) is 0 Å². The second-order valence-electron chi connectivity index (χ2n) is 3.08. The Labute approximate surface area is 93.5 Å². The Hall–Kier alpha value is -1.59. The fourth-order valence-corrected chi connectivity index (χ4v) is 0.868. The van der Waals surface area contributed by atoms with Gasteiger partial charge in [0.05, 0.1) is 12.8 Å². The number of aliphatic carboxylic acids is 1. The summed E-state index contributed by atoms with van der Waals surface area (Å²) in [5.41, 5.74) is 0. The van der Waals surface area contributed by atoms with Gasteiger partial charge in [0.25, 0.3) is 0 Å². The minimum atomic E-state index is -1.05. The predicted octanol–water partition coefficient (Wildman–Crippen LogP) is 0.738. The van der Waals surface area contributed by atoms with Crippen molar-refractivity contribution >= 4 is 17.9 Å². The van der Waals surface area contributed by atoms with Crippen molar-refractivity contribution < 1.29 is 29.0 Å². The number of carboxylic acid groups (broad SMARTS) is 1. The van der Waals surface area contributed by atoms with Gasteiger partial charge in [-0.25, -0.2) is 0 Å². The van der Waals surface area contributed by atoms with Crippen LogP contribution in [0, 0.1) is 0 Å². The third kappa shape index (κ3) is 8.98. The van der Waals surface area contributed by atoms with Crippen molar-refractivity contribution in [3.63, 3.8) is 0 Å². The minimum Gasteiger partial charge on any atom is -0.481 e. The molecule has 0 aliphatic carbocycles. The molecule has 0 aliphatic rings. The Morgan fingerprint density at radius 3 is 1.88 bits per heavy atom. The summed E-state index contributed by atoms with van der Waals surface area (Å²) in [7, 11) is 0. The van der Waals surface area contributed by atoms with Crippen LogP contribution in [-0.4, -0.2) is 36.2 Å². The van der Waals surface area contributed by atoms with Crippen molar-refractivity contribution in [3.8, 4) is 0 Å². The van der Waals surface area contributed by atoms with Crippen molar-refractivity contribution in [1.82, 2.24) is 0 Å². The molecule has 16 heavy (non-hydrogen) atoms. The summed E-state index contributed by atoms with van der Waals surface area (Å²) in [6, 6.07) is 0. The van der Waals surface area contributed by atoms with E-state index in [1.807, 2.05) is 6.92 Å². The number of hydrogen-bond acceptors (Lipinski definition) is 5. The SMILES string of the molecule is CCCC(=O)OCCOC(=O)CCC(=O)O. The monoisotopic (exact) mass is 232 g/mol. The van der Waals surface area contributed by atoms with Crippen LogP contribution in [-0.2, 0) is 23.9 Å². The molecular formula is C10H16O6. The lowest BCUT2D eigenvalue weighted by Gasteiger charge is -2.05. The van der Waals surface area contributed by atoms with E-state index in [-0.39, 0.29) is 32.0 Å². The molecule has 0 aliphatic heterocycles. The minimum absolute atomic E-state index is 0.0116. The summed E-state index contributed by atoms with van der Waals surface area (Å²) in [6.45, 7) is 1.83. The van der Waals surface area contributed by atoms with Crippen LogP contribution in [0.4, 0.5) is 0 Å². The highest BCUT2D eigenvalue weighted by atomic mass is 16.6. The van der Waals surface area contributed by atoms with E-state index in [1.165, 1.54) is 0 Å².